The Bertz CT molecular complexity index is 1100. The van der Waals surface area contributed by atoms with Crippen LogP contribution in [0.5, 0.6) is 0 Å². The summed E-state index contributed by atoms with van der Waals surface area (Å²) in [5.74, 6) is 0. The highest BCUT2D eigenvalue weighted by atomic mass is 79.9. The van der Waals surface area contributed by atoms with Crippen molar-refractivity contribution in [2.45, 2.75) is 19.3 Å². The number of rotatable bonds is 0. The minimum absolute atomic E-state index is 0.0102. The van der Waals surface area contributed by atoms with Gasteiger partial charge in [-0.25, -0.2) is 0 Å². The van der Waals surface area contributed by atoms with Crippen LogP contribution in [0, 0.1) is 0 Å². The van der Waals surface area contributed by atoms with Gasteiger partial charge >= 0.3 is 0 Å². The number of furan rings is 1. The lowest BCUT2D eigenvalue weighted by molar-refractivity contribution is 0.647. The van der Waals surface area contributed by atoms with Crippen molar-refractivity contribution in [2.75, 3.05) is 0 Å². The van der Waals surface area contributed by atoms with Crippen molar-refractivity contribution >= 4 is 37.9 Å². The highest BCUT2D eigenvalue weighted by molar-refractivity contribution is 9.10. The highest BCUT2D eigenvalue weighted by Gasteiger charge is 2.35. The van der Waals surface area contributed by atoms with Crippen molar-refractivity contribution in [3.05, 3.63) is 70.2 Å². The summed E-state index contributed by atoms with van der Waals surface area (Å²) < 4.78 is 7.20. The molecule has 2 heteroatoms. The predicted molar refractivity (Wildman–Crippen MR) is 99.0 cm³/mol. The minimum atomic E-state index is 0.0102. The first-order chi connectivity index (χ1) is 11.1. The summed E-state index contributed by atoms with van der Waals surface area (Å²) in [5, 5.41) is 2.34. The average Bonchev–Trinajstić information content (AvgIpc) is 3.01. The summed E-state index contributed by atoms with van der Waals surface area (Å²) in [7, 11) is 0. The molecule has 3 aromatic carbocycles. The Morgan fingerprint density at radius 3 is 2.52 bits per heavy atom. The van der Waals surface area contributed by atoms with Crippen LogP contribution in [0.2, 0.25) is 0 Å². The van der Waals surface area contributed by atoms with Gasteiger partial charge in [-0.1, -0.05) is 60.1 Å². The van der Waals surface area contributed by atoms with E-state index in [0.717, 1.165) is 21.0 Å². The molecule has 0 N–H and O–H groups in total. The second-order valence-corrected chi connectivity index (χ2v) is 7.63. The fraction of sp³-hybridized carbons (Fsp3) is 0.143. The summed E-state index contributed by atoms with van der Waals surface area (Å²) in [6.45, 7) is 4.59. The molecule has 0 saturated heterocycles. The van der Waals surface area contributed by atoms with Gasteiger partial charge in [0.25, 0.3) is 0 Å². The van der Waals surface area contributed by atoms with E-state index in [4.69, 9.17) is 4.42 Å². The molecule has 1 aliphatic carbocycles. The zero-order valence-electron chi connectivity index (χ0n) is 13.0. The van der Waals surface area contributed by atoms with Gasteiger partial charge in [0.15, 0.2) is 0 Å². The van der Waals surface area contributed by atoms with Crippen LogP contribution in [0.25, 0.3) is 33.1 Å². The molecular formula is C21H15BrO. The molecule has 112 valence electrons. The van der Waals surface area contributed by atoms with Crippen molar-refractivity contribution in [1.29, 1.82) is 0 Å². The number of hydrogen-bond donors (Lipinski definition) is 0. The fourth-order valence-electron chi connectivity index (χ4n) is 3.98. The molecule has 0 bridgehead atoms. The third kappa shape index (κ3) is 1.62. The zero-order chi connectivity index (χ0) is 15.8. The van der Waals surface area contributed by atoms with Crippen molar-refractivity contribution in [2.24, 2.45) is 0 Å². The maximum atomic E-state index is 6.12. The third-order valence-corrected chi connectivity index (χ3v) is 5.81. The topological polar surface area (TPSA) is 13.1 Å². The van der Waals surface area contributed by atoms with E-state index >= 15 is 0 Å². The quantitative estimate of drug-likeness (QED) is 0.341. The molecule has 1 nitrogen and oxygen atoms in total. The minimum Gasteiger partial charge on any atom is -0.456 e. The highest BCUT2D eigenvalue weighted by Crippen LogP contribution is 2.50. The Kier molecular flexibility index (Phi) is 2.48. The lowest BCUT2D eigenvalue weighted by Gasteiger charge is -2.21. The molecule has 23 heavy (non-hydrogen) atoms. The fourth-order valence-corrected chi connectivity index (χ4v) is 4.54. The van der Waals surface area contributed by atoms with E-state index in [2.05, 4.69) is 72.2 Å². The van der Waals surface area contributed by atoms with Gasteiger partial charge in [-0.05, 0) is 46.5 Å². The van der Waals surface area contributed by atoms with Gasteiger partial charge in [-0.3, -0.25) is 0 Å². The smallest absolute Gasteiger partial charge is 0.136 e. The Morgan fingerprint density at radius 1 is 0.826 bits per heavy atom. The van der Waals surface area contributed by atoms with E-state index in [-0.39, 0.29) is 5.41 Å². The molecule has 1 heterocycles. The number of fused-ring (bicyclic) bond motifs is 6. The van der Waals surface area contributed by atoms with E-state index in [1.807, 2.05) is 12.1 Å². The third-order valence-electron chi connectivity index (χ3n) is 5.15. The SMILES string of the molecule is CC1(C)c2ccccc2-c2cc3c(cc21)oc1cccc(Br)c13. The van der Waals surface area contributed by atoms with Crippen LogP contribution < -0.4 is 0 Å². The normalized spacial score (nSPS) is 15.1. The first-order valence-electron chi connectivity index (χ1n) is 7.82. The van der Waals surface area contributed by atoms with E-state index in [1.165, 1.54) is 27.6 Å². The van der Waals surface area contributed by atoms with Crippen LogP contribution >= 0.6 is 15.9 Å². The lowest BCUT2D eigenvalue weighted by Crippen LogP contribution is -2.14. The molecular weight excluding hydrogens is 348 g/mol. The van der Waals surface area contributed by atoms with Gasteiger partial charge in [0.1, 0.15) is 11.2 Å². The molecule has 0 atom stereocenters. The Hall–Kier alpha value is -2.06. The Morgan fingerprint density at radius 2 is 1.65 bits per heavy atom. The van der Waals surface area contributed by atoms with Gasteiger partial charge < -0.3 is 4.42 Å². The van der Waals surface area contributed by atoms with Gasteiger partial charge in [0.05, 0.1) is 0 Å². The molecule has 0 aliphatic heterocycles. The van der Waals surface area contributed by atoms with Crippen LogP contribution in [-0.4, -0.2) is 0 Å². The Balaban J connectivity index is 1.96. The molecule has 1 aromatic heterocycles. The van der Waals surface area contributed by atoms with E-state index in [0.29, 0.717) is 0 Å². The van der Waals surface area contributed by atoms with Crippen molar-refractivity contribution < 1.29 is 4.42 Å². The van der Waals surface area contributed by atoms with Gasteiger partial charge in [-0.2, -0.15) is 0 Å². The van der Waals surface area contributed by atoms with Crippen molar-refractivity contribution in [3.8, 4) is 11.1 Å². The largest absolute Gasteiger partial charge is 0.456 e. The standard InChI is InChI=1S/C21H15BrO/c1-21(2)15-7-4-3-6-12(15)13-10-14-19(11-16(13)21)23-18-9-5-8-17(22)20(14)18/h3-11H,1-2H3. The van der Waals surface area contributed by atoms with Gasteiger partial charge in [-0.15, -0.1) is 0 Å². The summed E-state index contributed by atoms with van der Waals surface area (Å²) >= 11 is 3.67. The number of benzene rings is 3. The van der Waals surface area contributed by atoms with Crippen molar-refractivity contribution in [3.63, 3.8) is 0 Å². The number of halogens is 1. The van der Waals surface area contributed by atoms with Gasteiger partial charge in [0.2, 0.25) is 0 Å². The maximum Gasteiger partial charge on any atom is 0.136 e. The summed E-state index contributed by atoms with van der Waals surface area (Å²) in [6, 6.07) is 19.4. The molecule has 0 spiro atoms. The second kappa shape index (κ2) is 4.27. The first-order valence-corrected chi connectivity index (χ1v) is 8.62. The lowest BCUT2D eigenvalue weighted by atomic mass is 9.82. The van der Waals surface area contributed by atoms with Crippen LogP contribution in [0.1, 0.15) is 25.0 Å². The summed E-state index contributed by atoms with van der Waals surface area (Å²) in [5.41, 5.74) is 7.33. The van der Waals surface area contributed by atoms with E-state index < -0.39 is 0 Å². The molecule has 0 saturated carbocycles. The van der Waals surface area contributed by atoms with Crippen LogP contribution in [-0.2, 0) is 5.41 Å². The summed E-state index contributed by atoms with van der Waals surface area (Å²) in [6.07, 6.45) is 0. The van der Waals surface area contributed by atoms with Crippen LogP contribution in [0.3, 0.4) is 0 Å². The van der Waals surface area contributed by atoms with Crippen LogP contribution in [0.4, 0.5) is 0 Å². The van der Waals surface area contributed by atoms with E-state index in [1.54, 1.807) is 0 Å². The molecule has 5 rings (SSSR count). The molecule has 4 aromatic rings. The average molecular weight is 363 g/mol. The monoisotopic (exact) mass is 362 g/mol. The first kappa shape index (κ1) is 13.4. The summed E-state index contributed by atoms with van der Waals surface area (Å²) in [4.78, 5) is 0. The molecule has 0 amide bonds. The number of hydrogen-bond acceptors (Lipinski definition) is 1. The van der Waals surface area contributed by atoms with Crippen molar-refractivity contribution in [1.82, 2.24) is 0 Å². The van der Waals surface area contributed by atoms with Crippen LogP contribution in [0.15, 0.2) is 63.5 Å². The van der Waals surface area contributed by atoms with E-state index in [9.17, 15) is 0 Å². The van der Waals surface area contributed by atoms with Gasteiger partial charge in [0, 0.05) is 20.7 Å². The molecule has 0 unspecified atom stereocenters. The predicted octanol–water partition coefficient (Wildman–Crippen LogP) is 6.65. The zero-order valence-corrected chi connectivity index (χ0v) is 14.6. The molecule has 1 aliphatic rings. The Labute approximate surface area is 143 Å². The maximum absolute atomic E-state index is 6.12. The molecule has 0 radical (unpaired) electrons. The molecule has 0 fully saturated rings. The second-order valence-electron chi connectivity index (χ2n) is 6.78.